The van der Waals surface area contributed by atoms with Crippen LogP contribution in [0.15, 0.2) is 0 Å². The molecule has 116 valence electrons. The summed E-state index contributed by atoms with van der Waals surface area (Å²) >= 11 is 0. The summed E-state index contributed by atoms with van der Waals surface area (Å²) in [6.45, 7) is 8.25. The Hall–Kier alpha value is -0.610. The van der Waals surface area contributed by atoms with Crippen LogP contribution in [0.2, 0.25) is 0 Å². The minimum atomic E-state index is 0.0250. The first-order chi connectivity index (χ1) is 9.51. The summed E-state index contributed by atoms with van der Waals surface area (Å²) in [6, 6.07) is 0.0250. The van der Waals surface area contributed by atoms with Crippen LogP contribution in [0.4, 0.5) is 0 Å². The largest absolute Gasteiger partial charge is 0.385 e. The number of nitrogens with zero attached hydrogens (tertiary/aromatic N) is 1. The Morgan fingerprint density at radius 2 is 2.15 bits per heavy atom. The first-order valence-electron chi connectivity index (χ1n) is 8.07. The lowest BCUT2D eigenvalue weighted by Crippen LogP contribution is -2.42. The van der Waals surface area contributed by atoms with Gasteiger partial charge in [0.25, 0.3) is 0 Å². The maximum atomic E-state index is 12.5. The van der Waals surface area contributed by atoms with E-state index in [9.17, 15) is 4.79 Å². The first-order valence-corrected chi connectivity index (χ1v) is 8.07. The molecule has 1 aliphatic carbocycles. The van der Waals surface area contributed by atoms with Gasteiger partial charge >= 0.3 is 0 Å². The number of nitrogens with one attached hydrogen (secondary N) is 1. The lowest BCUT2D eigenvalue weighted by atomic mass is 10.0. The molecule has 0 bridgehead atoms. The van der Waals surface area contributed by atoms with Gasteiger partial charge in [-0.25, -0.2) is 0 Å². The molecule has 20 heavy (non-hydrogen) atoms. The highest BCUT2D eigenvalue weighted by Gasteiger charge is 2.48. The molecule has 1 saturated carbocycles. The molecule has 2 fully saturated rings. The zero-order valence-electron chi connectivity index (χ0n) is 13.4. The number of rotatable bonds is 8. The number of amides is 1. The maximum absolute atomic E-state index is 12.5. The maximum Gasteiger partial charge on any atom is 0.241 e. The molecular weight excluding hydrogens is 252 g/mol. The third-order valence-electron chi connectivity index (χ3n) is 4.75. The van der Waals surface area contributed by atoms with Gasteiger partial charge in [0.1, 0.15) is 0 Å². The summed E-state index contributed by atoms with van der Waals surface area (Å²) in [5.41, 5.74) is 0.339. The Balaban J connectivity index is 2.00. The predicted molar refractivity (Wildman–Crippen MR) is 80.3 cm³/mol. The van der Waals surface area contributed by atoms with Gasteiger partial charge < -0.3 is 9.64 Å². The summed E-state index contributed by atoms with van der Waals surface area (Å²) < 4.78 is 5.22. The van der Waals surface area contributed by atoms with Gasteiger partial charge in [-0.05, 0) is 43.4 Å². The van der Waals surface area contributed by atoms with Crippen molar-refractivity contribution in [1.82, 2.24) is 10.2 Å². The second-order valence-electron chi connectivity index (χ2n) is 6.98. The molecule has 2 unspecified atom stereocenters. The molecule has 1 saturated heterocycles. The highest BCUT2D eigenvalue weighted by molar-refractivity contribution is 5.84. The second kappa shape index (κ2) is 6.44. The molecule has 4 nitrogen and oxygen atoms in total. The van der Waals surface area contributed by atoms with Crippen LogP contribution in [0.3, 0.4) is 0 Å². The molecule has 0 spiro atoms. The highest BCUT2D eigenvalue weighted by Crippen LogP contribution is 2.50. The molecule has 0 aromatic rings. The van der Waals surface area contributed by atoms with E-state index < -0.39 is 0 Å². The number of methoxy groups -OCH3 is 1. The molecule has 1 amide bonds. The van der Waals surface area contributed by atoms with Crippen LogP contribution >= 0.6 is 0 Å². The number of carbonyl (C=O) groups is 1. The average Bonchev–Trinajstić information content (AvgIpc) is 3.11. The zero-order chi connectivity index (χ0) is 14.8. The fraction of sp³-hybridized carbons (Fsp3) is 0.938. The van der Waals surface area contributed by atoms with Crippen molar-refractivity contribution < 1.29 is 9.53 Å². The van der Waals surface area contributed by atoms with Crippen LogP contribution in [0.1, 0.15) is 52.9 Å². The molecule has 2 aliphatic rings. The van der Waals surface area contributed by atoms with Gasteiger partial charge in [-0.1, -0.05) is 20.8 Å². The Morgan fingerprint density at radius 1 is 1.45 bits per heavy atom. The van der Waals surface area contributed by atoms with Crippen LogP contribution in [-0.2, 0) is 9.53 Å². The van der Waals surface area contributed by atoms with E-state index in [1.807, 2.05) is 0 Å². The summed E-state index contributed by atoms with van der Waals surface area (Å²) in [7, 11) is 1.76. The molecule has 0 aromatic carbocycles. The number of ether oxygens (including phenoxy) is 1. The number of hydrogen-bond donors (Lipinski definition) is 1. The smallest absolute Gasteiger partial charge is 0.241 e. The minimum Gasteiger partial charge on any atom is -0.385 e. The molecule has 0 aromatic heterocycles. The quantitative estimate of drug-likeness (QED) is 0.743. The Bertz CT molecular complexity index is 339. The van der Waals surface area contributed by atoms with E-state index >= 15 is 0 Å². The van der Waals surface area contributed by atoms with E-state index in [0.717, 1.165) is 32.4 Å². The lowest BCUT2D eigenvalue weighted by Gasteiger charge is -2.29. The Morgan fingerprint density at radius 3 is 2.65 bits per heavy atom. The number of carbonyl (C=O) groups excluding carboxylic acids is 1. The van der Waals surface area contributed by atoms with E-state index in [-0.39, 0.29) is 12.2 Å². The normalized spacial score (nSPS) is 28.4. The van der Waals surface area contributed by atoms with Crippen LogP contribution in [0.5, 0.6) is 0 Å². The SMILES string of the molecule is CCC1NC(CC(C)C)N(CC2(CCOC)CC2)C1=O. The van der Waals surface area contributed by atoms with E-state index in [0.29, 0.717) is 17.2 Å². The van der Waals surface area contributed by atoms with E-state index in [2.05, 4.69) is 31.0 Å². The Kier molecular flexibility index (Phi) is 5.08. The van der Waals surface area contributed by atoms with Gasteiger partial charge in [-0.15, -0.1) is 0 Å². The van der Waals surface area contributed by atoms with Gasteiger partial charge in [0.05, 0.1) is 12.2 Å². The second-order valence-corrected chi connectivity index (χ2v) is 6.98. The van der Waals surface area contributed by atoms with Crippen molar-refractivity contribution in [3.63, 3.8) is 0 Å². The van der Waals surface area contributed by atoms with E-state index in [1.54, 1.807) is 7.11 Å². The molecule has 4 heteroatoms. The van der Waals surface area contributed by atoms with Crippen LogP contribution < -0.4 is 5.32 Å². The molecule has 2 rings (SSSR count). The topological polar surface area (TPSA) is 41.6 Å². The third kappa shape index (κ3) is 3.53. The molecule has 0 radical (unpaired) electrons. The third-order valence-corrected chi connectivity index (χ3v) is 4.75. The molecular formula is C16H30N2O2. The van der Waals surface area contributed by atoms with Crippen LogP contribution in [-0.4, -0.2) is 43.3 Å². The summed E-state index contributed by atoms with van der Waals surface area (Å²) in [4.78, 5) is 14.7. The van der Waals surface area contributed by atoms with Crippen molar-refractivity contribution in [1.29, 1.82) is 0 Å². The van der Waals surface area contributed by atoms with Gasteiger partial charge in [0.2, 0.25) is 5.91 Å². The van der Waals surface area contributed by atoms with Crippen LogP contribution in [0.25, 0.3) is 0 Å². The monoisotopic (exact) mass is 282 g/mol. The number of hydrogen-bond acceptors (Lipinski definition) is 3. The standard InChI is InChI=1S/C16H30N2O2/c1-5-13-15(19)18(14(17-13)10-12(2)3)11-16(6-7-16)8-9-20-4/h12-14,17H,5-11H2,1-4H3. The summed E-state index contributed by atoms with van der Waals surface area (Å²) in [6.07, 6.45) is 5.72. The van der Waals surface area contributed by atoms with Gasteiger partial charge in [0, 0.05) is 20.3 Å². The molecule has 1 heterocycles. The molecule has 2 atom stereocenters. The summed E-state index contributed by atoms with van der Waals surface area (Å²) in [5.74, 6) is 0.911. The van der Waals surface area contributed by atoms with Crippen molar-refractivity contribution in [2.45, 2.75) is 65.1 Å². The van der Waals surface area contributed by atoms with Crippen molar-refractivity contribution in [2.75, 3.05) is 20.3 Å². The van der Waals surface area contributed by atoms with E-state index in [4.69, 9.17) is 4.74 Å². The molecule has 1 N–H and O–H groups in total. The van der Waals surface area contributed by atoms with E-state index in [1.165, 1.54) is 12.8 Å². The minimum absolute atomic E-state index is 0.0250. The Labute approximate surface area is 123 Å². The summed E-state index contributed by atoms with van der Waals surface area (Å²) in [5, 5.41) is 3.52. The lowest BCUT2D eigenvalue weighted by molar-refractivity contribution is -0.131. The van der Waals surface area contributed by atoms with Crippen LogP contribution in [0, 0.1) is 11.3 Å². The first kappa shape index (κ1) is 15.8. The van der Waals surface area contributed by atoms with Gasteiger partial charge in [-0.3, -0.25) is 10.1 Å². The highest BCUT2D eigenvalue weighted by atomic mass is 16.5. The van der Waals surface area contributed by atoms with Gasteiger partial charge in [0.15, 0.2) is 0 Å². The fourth-order valence-corrected chi connectivity index (χ4v) is 3.21. The zero-order valence-corrected chi connectivity index (χ0v) is 13.4. The fourth-order valence-electron chi connectivity index (χ4n) is 3.21. The van der Waals surface area contributed by atoms with Crippen molar-refractivity contribution in [3.8, 4) is 0 Å². The van der Waals surface area contributed by atoms with Crippen molar-refractivity contribution in [2.24, 2.45) is 11.3 Å². The van der Waals surface area contributed by atoms with Gasteiger partial charge in [-0.2, -0.15) is 0 Å². The predicted octanol–water partition coefficient (Wildman–Crippen LogP) is 2.39. The molecule has 1 aliphatic heterocycles. The average molecular weight is 282 g/mol. The van der Waals surface area contributed by atoms with Crippen molar-refractivity contribution in [3.05, 3.63) is 0 Å². The van der Waals surface area contributed by atoms with Crippen molar-refractivity contribution >= 4 is 5.91 Å².